The van der Waals surface area contributed by atoms with Crippen LogP contribution in [-0.4, -0.2) is 16.0 Å². The van der Waals surface area contributed by atoms with E-state index >= 15 is 0 Å². The van der Waals surface area contributed by atoms with Crippen molar-refractivity contribution in [1.29, 1.82) is 0 Å². The van der Waals surface area contributed by atoms with Crippen molar-refractivity contribution in [3.63, 3.8) is 0 Å². The summed E-state index contributed by atoms with van der Waals surface area (Å²) in [6.45, 7) is 0. The van der Waals surface area contributed by atoms with E-state index in [4.69, 9.17) is 52.1 Å². The molecule has 1 aliphatic rings. The van der Waals surface area contributed by atoms with Gasteiger partial charge in [-0.3, -0.25) is 9.59 Å². The monoisotopic (exact) mass is 578 g/mol. The third-order valence-electron chi connectivity index (χ3n) is 5.75. The summed E-state index contributed by atoms with van der Waals surface area (Å²) in [5.74, 6) is -6.95. The number of alkyl halides is 2. The van der Waals surface area contributed by atoms with Crippen LogP contribution in [-0.2, 0) is 11.2 Å². The van der Waals surface area contributed by atoms with Crippen molar-refractivity contribution < 1.29 is 27.2 Å². The van der Waals surface area contributed by atoms with Crippen molar-refractivity contribution in [3.8, 4) is 0 Å². The Morgan fingerprint density at radius 3 is 2.28 bits per heavy atom. The van der Waals surface area contributed by atoms with Crippen molar-refractivity contribution >= 4 is 69.5 Å². The van der Waals surface area contributed by atoms with Gasteiger partial charge in [-0.25, -0.2) is 17.6 Å². The van der Waals surface area contributed by atoms with E-state index in [9.17, 15) is 27.2 Å². The minimum absolute atomic E-state index is 0.142. The van der Waals surface area contributed by atoms with Crippen LogP contribution < -0.4 is 11.1 Å². The van der Waals surface area contributed by atoms with E-state index in [-0.39, 0.29) is 27.5 Å². The zero-order chi connectivity index (χ0) is 26.5. The molecule has 0 spiro atoms. The van der Waals surface area contributed by atoms with Crippen LogP contribution in [0.5, 0.6) is 0 Å². The molecule has 1 saturated carbocycles. The van der Waals surface area contributed by atoms with Gasteiger partial charge in [-0.1, -0.05) is 29.3 Å². The van der Waals surface area contributed by atoms with Crippen molar-refractivity contribution in [1.82, 2.24) is 0 Å². The number of anilines is 2. The summed E-state index contributed by atoms with van der Waals surface area (Å²) in [5, 5.41) is 1.70. The van der Waals surface area contributed by atoms with Gasteiger partial charge in [0.15, 0.2) is 5.78 Å². The predicted molar refractivity (Wildman–Crippen MR) is 131 cm³/mol. The lowest BCUT2D eigenvalue weighted by atomic mass is 10.0. The number of hydrogen-bond donors (Lipinski definition) is 2. The summed E-state index contributed by atoms with van der Waals surface area (Å²) in [6, 6.07) is 7.26. The third kappa shape index (κ3) is 5.00. The molecule has 0 heterocycles. The van der Waals surface area contributed by atoms with Crippen LogP contribution in [0.15, 0.2) is 42.5 Å². The number of amides is 1. The van der Waals surface area contributed by atoms with Crippen LogP contribution in [0.2, 0.25) is 10.0 Å². The molecule has 3 N–H and O–H groups in total. The fraction of sp³-hybridized carbons (Fsp3) is 0.167. The van der Waals surface area contributed by atoms with Gasteiger partial charge in [0.25, 0.3) is 0 Å². The molecule has 12 heteroatoms. The summed E-state index contributed by atoms with van der Waals surface area (Å²) in [6.07, 6.45) is -0.602. The van der Waals surface area contributed by atoms with E-state index in [0.717, 1.165) is 24.3 Å². The van der Waals surface area contributed by atoms with Gasteiger partial charge in [-0.2, -0.15) is 0 Å². The molecule has 2 atom stereocenters. The van der Waals surface area contributed by atoms with Gasteiger partial charge in [-0.15, -0.1) is 23.2 Å². The second kappa shape index (κ2) is 9.74. The molecule has 0 bridgehead atoms. The van der Waals surface area contributed by atoms with Crippen LogP contribution in [0.4, 0.5) is 28.9 Å². The Morgan fingerprint density at radius 2 is 1.61 bits per heavy atom. The number of carbonyl (C=O) groups excluding carboxylic acids is 2. The fourth-order valence-corrected chi connectivity index (χ4v) is 5.11. The molecule has 0 saturated heterocycles. The Kier molecular flexibility index (Phi) is 7.18. The normalized spacial score (nSPS) is 18.1. The molecular formula is C24H14Cl4F4N2O2. The number of benzene rings is 3. The predicted octanol–water partition coefficient (Wildman–Crippen LogP) is 7.08. The van der Waals surface area contributed by atoms with Gasteiger partial charge >= 0.3 is 0 Å². The molecular weight excluding hydrogens is 566 g/mol. The summed E-state index contributed by atoms with van der Waals surface area (Å²) in [7, 11) is 0. The highest BCUT2D eigenvalue weighted by atomic mass is 35.5. The highest BCUT2D eigenvalue weighted by Gasteiger charge is 2.67. The van der Waals surface area contributed by atoms with Gasteiger partial charge in [0.05, 0.1) is 21.7 Å². The molecule has 188 valence electrons. The fourth-order valence-electron chi connectivity index (χ4n) is 3.87. The van der Waals surface area contributed by atoms with E-state index in [1.807, 2.05) is 0 Å². The van der Waals surface area contributed by atoms with Crippen molar-refractivity contribution in [2.75, 3.05) is 11.1 Å². The standard InChI is InChI=1S/C24H14Cl4F4N2O2/c25-13-3-9(1-2-14(13)29)20-21(24(20,27)28)23(36)34-11-6-12(22(26)17(32)7-11)19(35)5-10-4-18(33)16(31)8-15(10)30/h1-4,6-8,20-21H,5,33H2,(H,34,36)/t20-,21+/m0/s1. The summed E-state index contributed by atoms with van der Waals surface area (Å²) >= 11 is 24.3. The number of hydrogen-bond acceptors (Lipinski definition) is 3. The molecule has 0 radical (unpaired) electrons. The maximum absolute atomic E-state index is 14.5. The van der Waals surface area contributed by atoms with Gasteiger partial charge < -0.3 is 11.1 Å². The number of nitrogen functional groups attached to an aromatic ring is 1. The third-order valence-corrected chi connectivity index (χ3v) is 7.37. The Balaban J connectivity index is 1.56. The summed E-state index contributed by atoms with van der Waals surface area (Å²) in [4.78, 5) is 25.7. The number of ketones is 1. The number of carbonyl (C=O) groups is 2. The maximum Gasteiger partial charge on any atom is 0.231 e. The lowest BCUT2D eigenvalue weighted by molar-refractivity contribution is -0.117. The van der Waals surface area contributed by atoms with Gasteiger partial charge in [0.2, 0.25) is 5.91 Å². The number of nitrogens with one attached hydrogen (secondary N) is 1. The first-order chi connectivity index (χ1) is 16.8. The minimum atomic E-state index is -1.55. The highest BCUT2D eigenvalue weighted by molar-refractivity contribution is 6.53. The lowest BCUT2D eigenvalue weighted by Crippen LogP contribution is -2.18. The lowest BCUT2D eigenvalue weighted by Gasteiger charge is -2.11. The zero-order valence-electron chi connectivity index (χ0n) is 17.8. The number of nitrogens with two attached hydrogens (primary N) is 1. The van der Waals surface area contributed by atoms with Crippen molar-refractivity contribution in [2.24, 2.45) is 5.92 Å². The second-order valence-electron chi connectivity index (χ2n) is 8.18. The quantitative estimate of drug-likeness (QED) is 0.142. The average molecular weight is 580 g/mol. The molecule has 4 rings (SSSR count). The smallest absolute Gasteiger partial charge is 0.231 e. The Morgan fingerprint density at radius 1 is 0.917 bits per heavy atom. The largest absolute Gasteiger partial charge is 0.396 e. The molecule has 1 amide bonds. The molecule has 1 aliphatic carbocycles. The molecule has 1 fully saturated rings. The molecule has 0 aromatic heterocycles. The first-order valence-electron chi connectivity index (χ1n) is 10.2. The van der Waals surface area contributed by atoms with Crippen LogP contribution >= 0.6 is 46.4 Å². The van der Waals surface area contributed by atoms with E-state index in [1.54, 1.807) is 0 Å². The first-order valence-corrected chi connectivity index (χ1v) is 11.7. The summed E-state index contributed by atoms with van der Waals surface area (Å²) < 4.78 is 53.9. The SMILES string of the molecule is Nc1cc(CC(=O)c2cc(NC(=O)[C@H]3[C@H](c4ccc(F)c(Cl)c4)C3(Cl)Cl)cc(F)c2Cl)c(F)cc1F. The van der Waals surface area contributed by atoms with E-state index in [2.05, 4.69) is 5.32 Å². The van der Waals surface area contributed by atoms with Crippen LogP contribution in [0.1, 0.15) is 27.4 Å². The molecule has 0 unspecified atom stereocenters. The Bertz CT molecular complexity index is 1420. The van der Waals surface area contributed by atoms with E-state index < -0.39 is 62.6 Å². The molecule has 36 heavy (non-hydrogen) atoms. The van der Waals surface area contributed by atoms with Gasteiger partial charge in [-0.05, 0) is 41.5 Å². The van der Waals surface area contributed by atoms with Crippen LogP contribution in [0, 0.1) is 29.2 Å². The van der Waals surface area contributed by atoms with Gasteiger partial charge in [0.1, 0.15) is 27.6 Å². The average Bonchev–Trinajstić information content (AvgIpc) is 3.38. The van der Waals surface area contributed by atoms with E-state index in [1.165, 1.54) is 12.1 Å². The zero-order valence-corrected chi connectivity index (χ0v) is 20.8. The molecule has 0 aliphatic heterocycles. The number of rotatable bonds is 6. The van der Waals surface area contributed by atoms with Crippen LogP contribution in [0.3, 0.4) is 0 Å². The first kappa shape index (κ1) is 26.5. The minimum Gasteiger partial charge on any atom is -0.396 e. The van der Waals surface area contributed by atoms with Crippen LogP contribution in [0.25, 0.3) is 0 Å². The highest BCUT2D eigenvalue weighted by Crippen LogP contribution is 2.65. The maximum atomic E-state index is 14.5. The number of halogens is 8. The summed E-state index contributed by atoms with van der Waals surface area (Å²) in [5.41, 5.74) is 4.76. The molecule has 4 nitrogen and oxygen atoms in total. The molecule has 3 aromatic rings. The van der Waals surface area contributed by atoms with Gasteiger partial charge in [0, 0.05) is 29.7 Å². The molecule has 3 aromatic carbocycles. The van der Waals surface area contributed by atoms with E-state index in [0.29, 0.717) is 11.6 Å². The number of Topliss-reactive ketones (excluding diaryl/α,β-unsaturated/α-hetero) is 1. The van der Waals surface area contributed by atoms with Crippen molar-refractivity contribution in [3.05, 3.63) is 92.5 Å². The Hall–Kier alpha value is -2.52. The topological polar surface area (TPSA) is 72.2 Å². The Labute approximate surface area is 222 Å². The van der Waals surface area contributed by atoms with Crippen molar-refractivity contribution in [2.45, 2.75) is 16.7 Å². The second-order valence-corrected chi connectivity index (χ2v) is 10.4.